The molecule has 1 atom stereocenters. The maximum absolute atomic E-state index is 13.5. The minimum absolute atomic E-state index is 0. The zero-order chi connectivity index (χ0) is 24.6. The van der Waals surface area contributed by atoms with E-state index in [-0.39, 0.29) is 26.5 Å². The molecule has 4 aromatic rings. The molecule has 0 spiro atoms. The Hall–Kier alpha value is -3.75. The first kappa shape index (κ1) is 23.0. The molecule has 9 heteroatoms. The first-order chi connectivity index (χ1) is 16.8. The Morgan fingerprint density at radius 3 is 2.46 bits per heavy atom. The molecule has 2 heterocycles. The van der Waals surface area contributed by atoms with E-state index in [1.807, 2.05) is 42.0 Å². The summed E-state index contributed by atoms with van der Waals surface area (Å²) in [5.74, 6) is -0.583. The van der Waals surface area contributed by atoms with E-state index in [0.717, 1.165) is 22.8 Å². The summed E-state index contributed by atoms with van der Waals surface area (Å²) >= 11 is 0. The van der Waals surface area contributed by atoms with Gasteiger partial charge in [0, 0.05) is 37.3 Å². The van der Waals surface area contributed by atoms with Crippen molar-refractivity contribution in [2.75, 3.05) is 5.32 Å². The van der Waals surface area contributed by atoms with E-state index in [1.54, 1.807) is 18.3 Å². The van der Waals surface area contributed by atoms with Gasteiger partial charge in [0.1, 0.15) is 11.6 Å². The highest BCUT2D eigenvalue weighted by molar-refractivity contribution is 5.56. The van der Waals surface area contributed by atoms with Gasteiger partial charge in [0.15, 0.2) is 0 Å². The van der Waals surface area contributed by atoms with Crippen LogP contribution in [0.3, 0.4) is 0 Å². The van der Waals surface area contributed by atoms with Gasteiger partial charge in [-0.15, -0.1) is 0 Å². The average molecular weight is 484 g/mol. The normalized spacial score (nSPS) is 15.6. The van der Waals surface area contributed by atoms with Crippen LogP contribution in [-0.4, -0.2) is 25.7 Å². The minimum Gasteiger partial charge on any atom is -0.324 e. The van der Waals surface area contributed by atoms with Gasteiger partial charge in [0.05, 0.1) is 11.6 Å². The van der Waals surface area contributed by atoms with Crippen molar-refractivity contribution in [2.45, 2.75) is 38.8 Å². The van der Waals surface area contributed by atoms with Gasteiger partial charge >= 0.3 is 6.18 Å². The number of aryl methyl sites for hydroxylation is 2. The van der Waals surface area contributed by atoms with Crippen LogP contribution in [0.2, 0.25) is 0 Å². The second-order valence-electron chi connectivity index (χ2n) is 8.72. The monoisotopic (exact) mass is 483 g/mol. The second kappa shape index (κ2) is 9.13. The fraction of sp³-hybridized carbons (Fsp3) is 0.269. The minimum atomic E-state index is -4.27. The molecule has 182 valence electrons. The lowest BCUT2D eigenvalue weighted by Gasteiger charge is -2.27. The van der Waals surface area contributed by atoms with Crippen molar-refractivity contribution < 1.29 is 19.0 Å². The molecule has 0 bridgehead atoms. The summed E-state index contributed by atoms with van der Waals surface area (Å²) in [7, 11) is 0. The molecule has 0 radical (unpaired) electrons. The fourth-order valence-electron chi connectivity index (χ4n) is 4.45. The van der Waals surface area contributed by atoms with Crippen LogP contribution >= 0.6 is 0 Å². The molecule has 5 rings (SSSR count). The lowest BCUT2D eigenvalue weighted by molar-refractivity contribution is -0.177. The van der Waals surface area contributed by atoms with Gasteiger partial charge < -0.3 is 9.88 Å². The summed E-state index contributed by atoms with van der Waals surface area (Å²) in [4.78, 5) is 13.4. The third-order valence-electron chi connectivity index (χ3n) is 6.33. The number of imidazole rings is 1. The predicted octanol–water partition coefficient (Wildman–Crippen LogP) is 6.36. The molecule has 1 aliphatic carbocycles. The van der Waals surface area contributed by atoms with Gasteiger partial charge in [-0.3, -0.25) is 0 Å². The summed E-state index contributed by atoms with van der Waals surface area (Å²) in [5.41, 5.74) is 4.18. The molecule has 0 saturated heterocycles. The van der Waals surface area contributed by atoms with Gasteiger partial charge in [-0.1, -0.05) is 12.1 Å². The molecular weight excluding hydrogens is 458 g/mol. The van der Waals surface area contributed by atoms with E-state index in [2.05, 4.69) is 20.3 Å². The van der Waals surface area contributed by atoms with Crippen LogP contribution < -0.4 is 5.32 Å². The average Bonchev–Trinajstić information content (AvgIpc) is 3.26. The first-order valence-electron chi connectivity index (χ1n) is 11.3. The number of hydrogen-bond acceptors (Lipinski definition) is 4. The number of alkyl halides is 3. The zero-order valence-electron chi connectivity index (χ0n) is 19.0. The Labute approximate surface area is 201 Å². The van der Waals surface area contributed by atoms with Crippen LogP contribution in [-0.2, 0) is 19.3 Å². The Bertz CT molecular complexity index is 1330. The first-order valence-corrected chi connectivity index (χ1v) is 11.3. The topological polar surface area (TPSA) is 55.6 Å². The van der Waals surface area contributed by atoms with Gasteiger partial charge in [-0.2, -0.15) is 13.2 Å². The zero-order valence-corrected chi connectivity index (χ0v) is 19.0. The Balaban J connectivity index is 0.00000304. The molecule has 0 aliphatic heterocycles. The van der Waals surface area contributed by atoms with Gasteiger partial charge in [0.25, 0.3) is 0 Å². The smallest absolute Gasteiger partial charge is 0.324 e. The van der Waals surface area contributed by atoms with Crippen LogP contribution in [0.15, 0.2) is 60.9 Å². The quantitative estimate of drug-likeness (QED) is 0.336. The van der Waals surface area contributed by atoms with Gasteiger partial charge in [0.2, 0.25) is 5.95 Å². The number of hydrogen-bond donors (Lipinski definition) is 1. The molecule has 0 amide bonds. The van der Waals surface area contributed by atoms with Crippen molar-refractivity contribution in [1.82, 2.24) is 19.5 Å². The molecule has 35 heavy (non-hydrogen) atoms. The van der Waals surface area contributed by atoms with E-state index in [4.69, 9.17) is 0 Å². The second-order valence-corrected chi connectivity index (χ2v) is 8.72. The standard InChI is InChI=1S/C26H23F4N5.H2/c1-16-31-12-13-35(16)21-9-7-20(8-10-21)32-25-33-23-11-4-18(26(28,29)30)15-22(23)24(34-25)14-17-2-5-19(27)6-3-17;/h2-3,5-10,12-13,18H,4,11,14-15H2,1H3,(H,32,33,34);1H. The summed E-state index contributed by atoms with van der Waals surface area (Å²) in [6.45, 7) is 1.92. The maximum Gasteiger partial charge on any atom is 0.392 e. The Kier molecular flexibility index (Phi) is 6.00. The van der Waals surface area contributed by atoms with E-state index in [0.29, 0.717) is 29.3 Å². The molecule has 1 unspecified atom stereocenters. The molecule has 0 fully saturated rings. The van der Waals surface area contributed by atoms with Crippen molar-refractivity contribution in [3.63, 3.8) is 0 Å². The highest BCUT2D eigenvalue weighted by Gasteiger charge is 2.42. The molecular formula is C26H25F4N5. The molecule has 0 saturated carbocycles. The van der Waals surface area contributed by atoms with E-state index in [1.165, 1.54) is 12.1 Å². The number of aromatic nitrogens is 4. The molecule has 1 N–H and O–H groups in total. The third-order valence-corrected chi connectivity index (χ3v) is 6.33. The van der Waals surface area contributed by atoms with Gasteiger partial charge in [-0.05, 0) is 73.7 Å². The third kappa shape index (κ3) is 5.03. The summed E-state index contributed by atoms with van der Waals surface area (Å²) in [6, 6.07) is 13.6. The number of benzene rings is 2. The number of halogens is 4. The van der Waals surface area contributed by atoms with Crippen molar-refractivity contribution in [1.29, 1.82) is 0 Å². The predicted molar refractivity (Wildman–Crippen MR) is 127 cm³/mol. The molecule has 1 aliphatic rings. The highest BCUT2D eigenvalue weighted by Crippen LogP contribution is 2.38. The van der Waals surface area contributed by atoms with Crippen molar-refractivity contribution in [3.8, 4) is 5.69 Å². The van der Waals surface area contributed by atoms with Crippen LogP contribution in [0, 0.1) is 18.7 Å². The van der Waals surface area contributed by atoms with E-state index >= 15 is 0 Å². The van der Waals surface area contributed by atoms with Crippen molar-refractivity contribution >= 4 is 11.6 Å². The highest BCUT2D eigenvalue weighted by atomic mass is 19.4. The Morgan fingerprint density at radius 2 is 1.80 bits per heavy atom. The van der Waals surface area contributed by atoms with Crippen molar-refractivity contribution in [3.05, 3.63) is 95.1 Å². The van der Waals surface area contributed by atoms with E-state index < -0.39 is 12.1 Å². The van der Waals surface area contributed by atoms with Gasteiger partial charge in [-0.25, -0.2) is 19.3 Å². The van der Waals surface area contributed by atoms with Crippen LogP contribution in [0.4, 0.5) is 29.2 Å². The summed E-state index contributed by atoms with van der Waals surface area (Å²) in [5, 5.41) is 3.19. The maximum atomic E-state index is 13.5. The number of nitrogens with one attached hydrogen (secondary N) is 1. The van der Waals surface area contributed by atoms with E-state index in [9.17, 15) is 17.6 Å². The van der Waals surface area contributed by atoms with Crippen LogP contribution in [0.5, 0.6) is 0 Å². The summed E-state index contributed by atoms with van der Waals surface area (Å²) in [6.07, 6.45) is -0.280. The molecule has 2 aromatic heterocycles. The number of rotatable bonds is 5. The lowest BCUT2D eigenvalue weighted by atomic mass is 9.84. The number of anilines is 2. The number of nitrogens with zero attached hydrogens (tertiary/aromatic N) is 4. The number of fused-ring (bicyclic) bond motifs is 1. The lowest BCUT2D eigenvalue weighted by Crippen LogP contribution is -2.30. The molecule has 2 aromatic carbocycles. The SMILES string of the molecule is Cc1nccn1-c1ccc(Nc2nc3c(c(Cc4ccc(F)cc4)n2)CC(C(F)(F)F)CC3)cc1.[HH]. The van der Waals surface area contributed by atoms with Crippen molar-refractivity contribution in [2.24, 2.45) is 5.92 Å². The summed E-state index contributed by atoms with van der Waals surface area (Å²) < 4.78 is 55.7. The van der Waals surface area contributed by atoms with Crippen LogP contribution in [0.1, 0.15) is 36.2 Å². The van der Waals surface area contributed by atoms with Crippen LogP contribution in [0.25, 0.3) is 5.69 Å². The Morgan fingerprint density at radius 1 is 1.06 bits per heavy atom. The largest absolute Gasteiger partial charge is 0.392 e. The molecule has 5 nitrogen and oxygen atoms in total. The fourth-order valence-corrected chi connectivity index (χ4v) is 4.45.